The molecule has 6 heteroatoms. The third-order valence-corrected chi connectivity index (χ3v) is 4.79. The highest BCUT2D eigenvalue weighted by Crippen LogP contribution is 2.27. The quantitative estimate of drug-likeness (QED) is 0.618. The molecule has 1 aromatic rings. The molecule has 1 N–H and O–H groups in total. The number of nitrogens with one attached hydrogen (secondary N) is 1. The van der Waals surface area contributed by atoms with Crippen LogP contribution in [0.1, 0.15) is 37.4 Å². The minimum atomic E-state index is 0.618. The highest BCUT2D eigenvalue weighted by Gasteiger charge is 2.30. The number of guanidine groups is 1. The fourth-order valence-electron chi connectivity index (χ4n) is 2.75. The molecule has 22 heavy (non-hydrogen) atoms. The van der Waals surface area contributed by atoms with E-state index in [1.807, 2.05) is 14.0 Å². The first-order chi connectivity index (χ1) is 10.5. The number of aryl methyl sites for hydroxylation is 1. The maximum atomic E-state index is 4.52. The summed E-state index contributed by atoms with van der Waals surface area (Å²) in [5, 5.41) is 6.71. The van der Waals surface area contributed by atoms with Crippen molar-refractivity contribution in [3.05, 3.63) is 16.1 Å². The van der Waals surface area contributed by atoms with Gasteiger partial charge in [-0.2, -0.15) is 0 Å². The topological polar surface area (TPSA) is 43.8 Å². The van der Waals surface area contributed by atoms with E-state index < -0.39 is 0 Å². The van der Waals surface area contributed by atoms with Crippen LogP contribution in [-0.2, 0) is 6.54 Å². The zero-order valence-electron chi connectivity index (χ0n) is 14.5. The summed E-state index contributed by atoms with van der Waals surface area (Å²) in [6, 6.07) is 1.42. The van der Waals surface area contributed by atoms with Gasteiger partial charge in [0.2, 0.25) is 0 Å². The Bertz CT molecular complexity index is 490. The molecule has 0 amide bonds. The average molecular weight is 324 g/mol. The summed E-state index contributed by atoms with van der Waals surface area (Å²) in [5.74, 6) is 0.935. The van der Waals surface area contributed by atoms with Crippen molar-refractivity contribution >= 4 is 17.3 Å². The van der Waals surface area contributed by atoms with Crippen molar-refractivity contribution in [1.82, 2.24) is 20.1 Å². The number of rotatable bonds is 7. The van der Waals surface area contributed by atoms with E-state index in [1.165, 1.54) is 12.8 Å². The van der Waals surface area contributed by atoms with E-state index >= 15 is 0 Å². The van der Waals surface area contributed by atoms with Crippen LogP contribution < -0.4 is 5.32 Å². The highest BCUT2D eigenvalue weighted by atomic mass is 32.1. The van der Waals surface area contributed by atoms with E-state index in [4.69, 9.17) is 0 Å². The lowest BCUT2D eigenvalue weighted by Gasteiger charge is -2.28. The molecule has 0 spiro atoms. The fraction of sp³-hybridized carbons (Fsp3) is 0.750. The molecule has 1 fully saturated rings. The number of thiazole rings is 1. The lowest BCUT2D eigenvalue weighted by Crippen LogP contribution is -2.44. The third kappa shape index (κ3) is 4.95. The van der Waals surface area contributed by atoms with Crippen LogP contribution in [0.3, 0.4) is 0 Å². The minimum absolute atomic E-state index is 0.618. The first-order valence-electron chi connectivity index (χ1n) is 8.09. The van der Waals surface area contributed by atoms with Crippen LogP contribution in [-0.4, -0.2) is 60.0 Å². The maximum Gasteiger partial charge on any atom is 0.193 e. The van der Waals surface area contributed by atoms with E-state index in [0.29, 0.717) is 6.04 Å². The molecule has 1 heterocycles. The van der Waals surface area contributed by atoms with E-state index in [-0.39, 0.29) is 0 Å². The van der Waals surface area contributed by atoms with Crippen LogP contribution in [0, 0.1) is 6.92 Å². The van der Waals surface area contributed by atoms with Crippen LogP contribution in [0.15, 0.2) is 10.4 Å². The van der Waals surface area contributed by atoms with Gasteiger partial charge in [0.15, 0.2) is 5.96 Å². The van der Waals surface area contributed by atoms with Crippen molar-refractivity contribution in [2.75, 3.05) is 27.2 Å². The predicted octanol–water partition coefficient (Wildman–Crippen LogP) is 2.33. The van der Waals surface area contributed by atoms with Crippen molar-refractivity contribution in [2.45, 2.75) is 52.2 Å². The lowest BCUT2D eigenvalue weighted by molar-refractivity contribution is 0.214. The molecule has 0 radical (unpaired) electrons. The summed E-state index contributed by atoms with van der Waals surface area (Å²) in [6.45, 7) is 9.40. The number of hydrogen-bond acceptors (Lipinski definition) is 4. The second kappa shape index (κ2) is 7.92. The van der Waals surface area contributed by atoms with Crippen LogP contribution in [0.4, 0.5) is 0 Å². The smallest absolute Gasteiger partial charge is 0.193 e. The summed E-state index contributed by atoms with van der Waals surface area (Å²) in [6.07, 6.45) is 2.71. The molecule has 2 rings (SSSR count). The van der Waals surface area contributed by atoms with Gasteiger partial charge >= 0.3 is 0 Å². The molecule has 0 aromatic carbocycles. The molecule has 5 nitrogen and oxygen atoms in total. The van der Waals surface area contributed by atoms with Gasteiger partial charge in [-0.3, -0.25) is 9.89 Å². The van der Waals surface area contributed by atoms with Crippen LogP contribution >= 0.6 is 11.3 Å². The monoisotopic (exact) mass is 323 g/mol. The molecule has 0 atom stereocenters. The standard InChI is InChI=1S/C16H29N5S/c1-12(2)21(15-6-7-15)9-8-18-16(17-4)20(5)10-14-11-22-13(3)19-14/h11-12,15H,6-10H2,1-5H3,(H,17,18). The predicted molar refractivity (Wildman–Crippen MR) is 94.5 cm³/mol. The zero-order chi connectivity index (χ0) is 16.1. The maximum absolute atomic E-state index is 4.52. The van der Waals surface area contributed by atoms with Crippen LogP contribution in [0.25, 0.3) is 0 Å². The van der Waals surface area contributed by atoms with E-state index in [0.717, 1.165) is 42.3 Å². The second-order valence-electron chi connectivity index (χ2n) is 6.25. The molecule has 0 saturated heterocycles. The Morgan fingerprint density at radius 2 is 2.23 bits per heavy atom. The Kier molecular flexibility index (Phi) is 6.20. The van der Waals surface area contributed by atoms with Gasteiger partial charge in [0, 0.05) is 44.6 Å². The largest absolute Gasteiger partial charge is 0.355 e. The van der Waals surface area contributed by atoms with Gasteiger partial charge < -0.3 is 10.2 Å². The minimum Gasteiger partial charge on any atom is -0.355 e. The fourth-order valence-corrected chi connectivity index (χ4v) is 3.35. The van der Waals surface area contributed by atoms with Crippen molar-refractivity contribution in [1.29, 1.82) is 0 Å². The summed E-state index contributed by atoms with van der Waals surface area (Å²) in [5.41, 5.74) is 1.11. The number of nitrogens with zero attached hydrogens (tertiary/aromatic N) is 4. The average Bonchev–Trinajstić information content (AvgIpc) is 3.21. The van der Waals surface area contributed by atoms with Gasteiger partial charge in [0.1, 0.15) is 0 Å². The van der Waals surface area contributed by atoms with Gasteiger partial charge in [0.05, 0.1) is 17.2 Å². The van der Waals surface area contributed by atoms with Crippen molar-refractivity contribution in [3.63, 3.8) is 0 Å². The molecule has 1 aromatic heterocycles. The third-order valence-electron chi connectivity index (χ3n) is 3.97. The second-order valence-corrected chi connectivity index (χ2v) is 7.31. The summed E-state index contributed by atoms with van der Waals surface area (Å²) in [7, 11) is 3.90. The Hall–Kier alpha value is -1.14. The normalized spacial score (nSPS) is 15.7. The van der Waals surface area contributed by atoms with Crippen molar-refractivity contribution < 1.29 is 0 Å². The first kappa shape index (κ1) is 17.2. The number of aromatic nitrogens is 1. The Morgan fingerprint density at radius 1 is 1.50 bits per heavy atom. The molecular formula is C16H29N5S. The van der Waals surface area contributed by atoms with Gasteiger partial charge in [-0.25, -0.2) is 4.98 Å². The Balaban J connectivity index is 1.78. The van der Waals surface area contributed by atoms with E-state index in [9.17, 15) is 0 Å². The van der Waals surface area contributed by atoms with Crippen molar-refractivity contribution in [3.8, 4) is 0 Å². The molecule has 1 saturated carbocycles. The van der Waals surface area contributed by atoms with Gasteiger partial charge in [-0.1, -0.05) is 0 Å². The SMILES string of the molecule is CN=C(NCCN(C(C)C)C1CC1)N(C)Cc1csc(C)n1. The molecule has 1 aliphatic rings. The van der Waals surface area contributed by atoms with Crippen molar-refractivity contribution in [2.24, 2.45) is 4.99 Å². The molecule has 0 unspecified atom stereocenters. The van der Waals surface area contributed by atoms with Crippen LogP contribution in [0.2, 0.25) is 0 Å². The molecule has 124 valence electrons. The highest BCUT2D eigenvalue weighted by molar-refractivity contribution is 7.09. The van der Waals surface area contributed by atoms with Gasteiger partial charge in [-0.15, -0.1) is 11.3 Å². The Labute approximate surface area is 138 Å². The molecule has 1 aliphatic carbocycles. The summed E-state index contributed by atoms with van der Waals surface area (Å²) >= 11 is 1.70. The van der Waals surface area contributed by atoms with E-state index in [1.54, 1.807) is 11.3 Å². The molecule has 0 bridgehead atoms. The zero-order valence-corrected chi connectivity index (χ0v) is 15.3. The first-order valence-corrected chi connectivity index (χ1v) is 8.97. The molecule has 0 aliphatic heterocycles. The van der Waals surface area contributed by atoms with Gasteiger partial charge in [-0.05, 0) is 33.6 Å². The van der Waals surface area contributed by atoms with E-state index in [2.05, 4.69) is 51.4 Å². The van der Waals surface area contributed by atoms with Crippen LogP contribution in [0.5, 0.6) is 0 Å². The van der Waals surface area contributed by atoms with Gasteiger partial charge in [0.25, 0.3) is 0 Å². The summed E-state index contributed by atoms with van der Waals surface area (Å²) in [4.78, 5) is 13.6. The number of hydrogen-bond donors (Lipinski definition) is 1. The lowest BCUT2D eigenvalue weighted by atomic mass is 10.3. The molecular weight excluding hydrogens is 294 g/mol. The Morgan fingerprint density at radius 3 is 2.73 bits per heavy atom. The summed E-state index contributed by atoms with van der Waals surface area (Å²) < 4.78 is 0. The number of aliphatic imine (C=N–C) groups is 1.